The SMILES string of the molecule is C#CCN(C/C=C/c1ccccc1S)C(=O)CCOCCOCCOCCOCCOCCS. The molecule has 0 saturated heterocycles. The average Bonchev–Trinajstić information content (AvgIpc) is 2.84. The molecule has 0 aromatic heterocycles. The first-order valence-electron chi connectivity index (χ1n) is 11.3. The maximum atomic E-state index is 12.4. The van der Waals surface area contributed by atoms with Gasteiger partial charge < -0.3 is 28.6 Å². The zero-order chi connectivity index (χ0) is 24.7. The number of hydrogen-bond donors (Lipinski definition) is 2. The smallest absolute Gasteiger partial charge is 0.225 e. The summed E-state index contributed by atoms with van der Waals surface area (Å²) in [6.45, 7) is 5.62. The molecule has 1 amide bonds. The van der Waals surface area contributed by atoms with E-state index in [1.54, 1.807) is 4.90 Å². The van der Waals surface area contributed by atoms with E-state index in [9.17, 15) is 4.79 Å². The largest absolute Gasteiger partial charge is 0.379 e. The molecule has 190 valence electrons. The highest BCUT2D eigenvalue weighted by Gasteiger charge is 2.10. The first-order chi connectivity index (χ1) is 16.7. The van der Waals surface area contributed by atoms with Crippen LogP contribution in [0.1, 0.15) is 12.0 Å². The highest BCUT2D eigenvalue weighted by atomic mass is 32.1. The first kappa shape index (κ1) is 30.5. The van der Waals surface area contributed by atoms with Gasteiger partial charge in [-0.1, -0.05) is 36.3 Å². The van der Waals surface area contributed by atoms with Crippen LogP contribution in [0.3, 0.4) is 0 Å². The Morgan fingerprint density at radius 3 is 1.94 bits per heavy atom. The van der Waals surface area contributed by atoms with Crippen LogP contribution in [0.4, 0.5) is 0 Å². The van der Waals surface area contributed by atoms with Gasteiger partial charge in [0.05, 0.1) is 79.0 Å². The fraction of sp³-hybridized carbons (Fsp3) is 0.560. The minimum absolute atomic E-state index is 0.0495. The van der Waals surface area contributed by atoms with Gasteiger partial charge in [0.25, 0.3) is 0 Å². The van der Waals surface area contributed by atoms with E-state index in [0.29, 0.717) is 78.4 Å². The normalized spacial score (nSPS) is 11.1. The predicted octanol–water partition coefficient (Wildman–Crippen LogP) is 2.85. The van der Waals surface area contributed by atoms with Crippen molar-refractivity contribution < 1.29 is 28.5 Å². The van der Waals surface area contributed by atoms with Crippen molar-refractivity contribution in [2.45, 2.75) is 11.3 Å². The van der Waals surface area contributed by atoms with Crippen LogP contribution in [0.15, 0.2) is 35.2 Å². The summed E-state index contributed by atoms with van der Waals surface area (Å²) in [4.78, 5) is 14.9. The molecule has 9 heteroatoms. The molecule has 0 atom stereocenters. The Bertz CT molecular complexity index is 726. The van der Waals surface area contributed by atoms with Gasteiger partial charge in [-0.25, -0.2) is 0 Å². The topological polar surface area (TPSA) is 66.5 Å². The molecule has 0 fully saturated rings. The van der Waals surface area contributed by atoms with Gasteiger partial charge in [-0.05, 0) is 11.6 Å². The van der Waals surface area contributed by atoms with Crippen LogP contribution in [0, 0.1) is 12.3 Å². The Morgan fingerprint density at radius 1 is 0.882 bits per heavy atom. The zero-order valence-corrected chi connectivity index (χ0v) is 21.5. The standard InChI is InChI=1S/C25H37NO6S2/c1-2-10-26(11-5-7-23-6-3-4-8-24(23)34)25(27)9-12-28-13-14-29-15-16-30-17-18-31-19-20-32-21-22-33/h1,3-8,33-34H,9-22H2/b7-5+. The second-order valence-electron chi connectivity index (χ2n) is 6.98. The van der Waals surface area contributed by atoms with Gasteiger partial charge in [-0.2, -0.15) is 12.6 Å². The summed E-state index contributed by atoms with van der Waals surface area (Å²) in [5.41, 5.74) is 0.992. The van der Waals surface area contributed by atoms with Crippen LogP contribution in [-0.4, -0.2) is 95.7 Å². The third-order valence-corrected chi connectivity index (χ3v) is 4.97. The fourth-order valence-electron chi connectivity index (χ4n) is 2.66. The Kier molecular flexibility index (Phi) is 19.7. The van der Waals surface area contributed by atoms with E-state index in [1.165, 1.54) is 0 Å². The fourth-order valence-corrected chi connectivity index (χ4v) is 3.03. The molecular weight excluding hydrogens is 474 g/mol. The molecule has 0 aliphatic carbocycles. The summed E-state index contributed by atoms with van der Waals surface area (Å²) in [5, 5.41) is 0. The summed E-state index contributed by atoms with van der Waals surface area (Å²) in [7, 11) is 0. The number of rotatable bonds is 21. The highest BCUT2D eigenvalue weighted by molar-refractivity contribution is 7.80. The van der Waals surface area contributed by atoms with Crippen LogP contribution < -0.4 is 0 Å². The highest BCUT2D eigenvalue weighted by Crippen LogP contribution is 2.14. The summed E-state index contributed by atoms with van der Waals surface area (Å²) in [6, 6.07) is 7.75. The quantitative estimate of drug-likeness (QED) is 0.150. The van der Waals surface area contributed by atoms with E-state index < -0.39 is 0 Å². The van der Waals surface area contributed by atoms with Gasteiger partial charge >= 0.3 is 0 Å². The number of amides is 1. The number of nitrogens with zero attached hydrogens (tertiary/aromatic N) is 1. The van der Waals surface area contributed by atoms with Crippen molar-refractivity contribution in [1.29, 1.82) is 0 Å². The van der Waals surface area contributed by atoms with Crippen LogP contribution in [0.2, 0.25) is 0 Å². The molecule has 7 nitrogen and oxygen atoms in total. The maximum absolute atomic E-state index is 12.4. The van der Waals surface area contributed by atoms with Crippen LogP contribution >= 0.6 is 25.3 Å². The van der Waals surface area contributed by atoms with Gasteiger partial charge in [0.2, 0.25) is 5.91 Å². The first-order valence-corrected chi connectivity index (χ1v) is 12.4. The Balaban J connectivity index is 2.01. The lowest BCUT2D eigenvalue weighted by Gasteiger charge is -2.18. The van der Waals surface area contributed by atoms with Crippen molar-refractivity contribution in [1.82, 2.24) is 4.90 Å². The lowest BCUT2D eigenvalue weighted by molar-refractivity contribution is -0.131. The second-order valence-corrected chi connectivity index (χ2v) is 7.90. The Labute approximate surface area is 214 Å². The lowest BCUT2D eigenvalue weighted by atomic mass is 10.2. The van der Waals surface area contributed by atoms with E-state index in [4.69, 9.17) is 30.1 Å². The number of carbonyl (C=O) groups is 1. The van der Waals surface area contributed by atoms with Crippen molar-refractivity contribution in [2.75, 3.05) is 84.9 Å². The van der Waals surface area contributed by atoms with E-state index in [0.717, 1.165) is 10.5 Å². The summed E-state index contributed by atoms with van der Waals surface area (Å²) in [6.07, 6.45) is 9.52. The molecule has 34 heavy (non-hydrogen) atoms. The Morgan fingerprint density at radius 2 is 1.41 bits per heavy atom. The van der Waals surface area contributed by atoms with Gasteiger partial charge in [0.1, 0.15) is 0 Å². The number of thiol groups is 2. The molecule has 0 aliphatic rings. The van der Waals surface area contributed by atoms with Gasteiger partial charge in [0.15, 0.2) is 0 Å². The van der Waals surface area contributed by atoms with Crippen LogP contribution in [0.25, 0.3) is 6.08 Å². The third kappa shape index (κ3) is 16.2. The molecule has 0 N–H and O–H groups in total. The van der Waals surface area contributed by atoms with Crippen LogP contribution in [0.5, 0.6) is 0 Å². The van der Waals surface area contributed by atoms with Crippen molar-refractivity contribution >= 4 is 37.2 Å². The van der Waals surface area contributed by atoms with E-state index in [-0.39, 0.29) is 18.9 Å². The van der Waals surface area contributed by atoms with E-state index in [2.05, 4.69) is 31.2 Å². The lowest BCUT2D eigenvalue weighted by Crippen LogP contribution is -2.32. The molecule has 0 saturated carbocycles. The van der Waals surface area contributed by atoms with Crippen molar-refractivity contribution in [3.63, 3.8) is 0 Å². The molecule has 1 aromatic rings. The number of benzene rings is 1. The monoisotopic (exact) mass is 511 g/mol. The average molecular weight is 512 g/mol. The number of terminal acetylenes is 1. The molecule has 0 heterocycles. The van der Waals surface area contributed by atoms with Gasteiger partial charge in [-0.15, -0.1) is 19.1 Å². The van der Waals surface area contributed by atoms with Gasteiger partial charge in [0, 0.05) is 17.2 Å². The molecular formula is C25H37NO6S2. The summed E-state index contributed by atoms with van der Waals surface area (Å²) >= 11 is 8.48. The van der Waals surface area contributed by atoms with Crippen molar-refractivity contribution in [3.05, 3.63) is 35.9 Å². The molecule has 1 aromatic carbocycles. The molecule has 0 spiro atoms. The molecule has 1 rings (SSSR count). The molecule has 0 radical (unpaired) electrons. The molecule has 0 unspecified atom stereocenters. The summed E-state index contributed by atoms with van der Waals surface area (Å²) in [5.74, 6) is 3.19. The minimum atomic E-state index is -0.0495. The van der Waals surface area contributed by atoms with Crippen molar-refractivity contribution in [2.24, 2.45) is 0 Å². The van der Waals surface area contributed by atoms with E-state index >= 15 is 0 Å². The molecule has 0 aliphatic heterocycles. The van der Waals surface area contributed by atoms with E-state index in [1.807, 2.05) is 36.4 Å². The van der Waals surface area contributed by atoms with Crippen molar-refractivity contribution in [3.8, 4) is 12.3 Å². The zero-order valence-electron chi connectivity index (χ0n) is 19.7. The minimum Gasteiger partial charge on any atom is -0.379 e. The number of hydrogen-bond acceptors (Lipinski definition) is 8. The predicted molar refractivity (Wildman–Crippen MR) is 141 cm³/mol. The second kappa shape index (κ2) is 22.0. The third-order valence-electron chi connectivity index (χ3n) is 4.38. The van der Waals surface area contributed by atoms with Gasteiger partial charge in [-0.3, -0.25) is 4.79 Å². The number of carbonyl (C=O) groups excluding carboxylic acids is 1. The summed E-state index contributed by atoms with van der Waals surface area (Å²) < 4.78 is 27.0. The Hall–Kier alpha value is -1.51. The van der Waals surface area contributed by atoms with Crippen LogP contribution in [-0.2, 0) is 28.5 Å². The number of ether oxygens (including phenoxy) is 5. The molecule has 0 bridgehead atoms. The maximum Gasteiger partial charge on any atom is 0.225 e.